The second kappa shape index (κ2) is 5.64. The number of aromatic hydroxyl groups is 1. The van der Waals surface area contributed by atoms with Gasteiger partial charge in [-0.1, -0.05) is 20.8 Å². The molecule has 1 aliphatic rings. The van der Waals surface area contributed by atoms with Crippen molar-refractivity contribution < 1.29 is 9.50 Å². The summed E-state index contributed by atoms with van der Waals surface area (Å²) >= 11 is 0. The number of rotatable bonds is 5. The molecule has 0 radical (unpaired) electrons. The molecule has 20 heavy (non-hydrogen) atoms. The molecule has 1 N–H and O–H groups in total. The Morgan fingerprint density at radius 2 is 2.00 bits per heavy atom. The molecule has 0 unspecified atom stereocenters. The summed E-state index contributed by atoms with van der Waals surface area (Å²) in [4.78, 5) is 10.4. The van der Waals surface area contributed by atoms with Crippen molar-refractivity contribution in [2.45, 2.75) is 52.1 Å². The molecule has 2 rings (SSSR count). The highest BCUT2D eigenvalue weighted by Gasteiger charge is 2.38. The van der Waals surface area contributed by atoms with Gasteiger partial charge in [-0.25, -0.2) is 9.37 Å². The van der Waals surface area contributed by atoms with E-state index >= 15 is 0 Å². The lowest BCUT2D eigenvalue weighted by Gasteiger charge is -2.42. The third kappa shape index (κ3) is 3.26. The van der Waals surface area contributed by atoms with Crippen molar-refractivity contribution >= 4 is 0 Å². The van der Waals surface area contributed by atoms with Crippen LogP contribution in [-0.2, 0) is 12.8 Å². The average molecular weight is 281 g/mol. The van der Waals surface area contributed by atoms with E-state index in [9.17, 15) is 9.50 Å². The van der Waals surface area contributed by atoms with Crippen molar-refractivity contribution in [2.75, 3.05) is 19.6 Å². The highest BCUT2D eigenvalue weighted by atomic mass is 19.1. The number of hydrogen-bond donors (Lipinski definition) is 1. The number of halogens is 1. The molecular formula is C15H24FN3O. The number of aromatic nitrogens is 2. The Kier molecular flexibility index (Phi) is 4.28. The summed E-state index contributed by atoms with van der Waals surface area (Å²) in [5, 5.41) is 9.62. The molecule has 5 heteroatoms. The summed E-state index contributed by atoms with van der Waals surface area (Å²) in [5.41, 5.74) is 1.91. The predicted octanol–water partition coefficient (Wildman–Crippen LogP) is 2.45. The van der Waals surface area contributed by atoms with Crippen LogP contribution in [0.3, 0.4) is 0 Å². The summed E-state index contributed by atoms with van der Waals surface area (Å²) in [5.74, 6) is 0.243. The van der Waals surface area contributed by atoms with Gasteiger partial charge in [0, 0.05) is 19.6 Å². The van der Waals surface area contributed by atoms with Gasteiger partial charge in [-0.2, -0.15) is 4.98 Å². The number of aryl methyl sites for hydroxylation is 1. The quantitative estimate of drug-likeness (QED) is 0.900. The Bertz CT molecular complexity index is 480. The molecule has 0 spiro atoms. The first kappa shape index (κ1) is 15.2. The van der Waals surface area contributed by atoms with E-state index in [4.69, 9.17) is 0 Å². The van der Waals surface area contributed by atoms with Crippen molar-refractivity contribution in [1.82, 2.24) is 14.9 Å². The first-order valence-electron chi connectivity index (χ1n) is 7.32. The third-order valence-electron chi connectivity index (χ3n) is 3.78. The second-order valence-corrected chi connectivity index (χ2v) is 6.22. The van der Waals surface area contributed by atoms with Gasteiger partial charge in [-0.15, -0.1) is 0 Å². The van der Waals surface area contributed by atoms with Crippen molar-refractivity contribution in [2.24, 2.45) is 0 Å². The van der Waals surface area contributed by atoms with Crippen LogP contribution in [0, 0.1) is 0 Å². The van der Waals surface area contributed by atoms with Gasteiger partial charge in [-0.3, -0.25) is 4.90 Å². The molecular weight excluding hydrogens is 257 g/mol. The third-order valence-corrected chi connectivity index (χ3v) is 3.78. The van der Waals surface area contributed by atoms with Gasteiger partial charge in [-0.05, 0) is 31.2 Å². The molecule has 1 aromatic rings. The zero-order chi connectivity index (χ0) is 14.9. The number of hydrogen-bond acceptors (Lipinski definition) is 4. The Balaban J connectivity index is 2.13. The topological polar surface area (TPSA) is 49.3 Å². The molecule has 0 amide bonds. The normalized spacial score (nSPS) is 18.3. The highest BCUT2D eigenvalue weighted by Crippen LogP contribution is 2.27. The molecule has 0 atom stereocenters. The molecule has 1 saturated heterocycles. The van der Waals surface area contributed by atoms with Crippen LogP contribution in [-0.4, -0.2) is 45.3 Å². The predicted molar refractivity (Wildman–Crippen MR) is 76.8 cm³/mol. The number of nitrogens with zero attached hydrogens (tertiary/aromatic N) is 3. The molecule has 1 aliphatic heterocycles. The van der Waals surface area contributed by atoms with Gasteiger partial charge >= 0.3 is 6.01 Å². The Morgan fingerprint density at radius 3 is 2.50 bits per heavy atom. The second-order valence-electron chi connectivity index (χ2n) is 6.22. The fraction of sp³-hybridized carbons (Fsp3) is 0.733. The lowest BCUT2D eigenvalue weighted by molar-refractivity contribution is -0.0163. The fourth-order valence-corrected chi connectivity index (χ4v) is 2.89. The SMILES string of the molecule is CCc1nc(O)nc(C(C)C)c1CCN1CC(C)(F)C1. The molecule has 0 aromatic carbocycles. The van der Waals surface area contributed by atoms with Crippen LogP contribution in [0.15, 0.2) is 0 Å². The summed E-state index contributed by atoms with van der Waals surface area (Å²) in [6.45, 7) is 9.62. The smallest absolute Gasteiger partial charge is 0.314 e. The highest BCUT2D eigenvalue weighted by molar-refractivity contribution is 5.30. The number of alkyl halides is 1. The molecule has 2 heterocycles. The van der Waals surface area contributed by atoms with E-state index in [1.54, 1.807) is 6.92 Å². The van der Waals surface area contributed by atoms with Crippen LogP contribution in [0.4, 0.5) is 4.39 Å². The van der Waals surface area contributed by atoms with Crippen molar-refractivity contribution in [1.29, 1.82) is 0 Å². The summed E-state index contributed by atoms with van der Waals surface area (Å²) in [6, 6.07) is -0.144. The summed E-state index contributed by atoms with van der Waals surface area (Å²) in [7, 11) is 0. The monoisotopic (exact) mass is 281 g/mol. The van der Waals surface area contributed by atoms with Gasteiger partial charge in [0.2, 0.25) is 0 Å². The van der Waals surface area contributed by atoms with E-state index in [0.717, 1.165) is 36.3 Å². The molecule has 1 aromatic heterocycles. The first-order chi connectivity index (χ1) is 9.32. The largest absolute Gasteiger partial charge is 0.479 e. The molecule has 4 nitrogen and oxygen atoms in total. The van der Waals surface area contributed by atoms with Crippen LogP contribution >= 0.6 is 0 Å². The van der Waals surface area contributed by atoms with Crippen LogP contribution < -0.4 is 0 Å². The number of likely N-dealkylation sites (tertiary alicyclic amines) is 1. The van der Waals surface area contributed by atoms with Crippen molar-refractivity contribution in [3.63, 3.8) is 0 Å². The van der Waals surface area contributed by atoms with Gasteiger partial charge in [0.1, 0.15) is 5.67 Å². The van der Waals surface area contributed by atoms with Crippen LogP contribution in [0.25, 0.3) is 0 Å². The molecule has 1 fully saturated rings. The summed E-state index contributed by atoms with van der Waals surface area (Å²) in [6.07, 6.45) is 1.58. The van der Waals surface area contributed by atoms with Crippen LogP contribution in [0.2, 0.25) is 0 Å². The van der Waals surface area contributed by atoms with E-state index in [0.29, 0.717) is 13.1 Å². The lowest BCUT2D eigenvalue weighted by Crippen LogP contribution is -2.57. The van der Waals surface area contributed by atoms with Gasteiger partial charge < -0.3 is 5.11 Å². The standard InChI is InChI=1S/C15H24FN3O/c1-5-12-11(6-7-19-8-15(4,16)9-19)13(10(2)3)18-14(20)17-12/h10H,5-9H2,1-4H3,(H,17,18,20). The maximum Gasteiger partial charge on any atom is 0.314 e. The molecule has 112 valence electrons. The maximum atomic E-state index is 13.5. The van der Waals surface area contributed by atoms with E-state index in [1.807, 2.05) is 6.92 Å². The van der Waals surface area contributed by atoms with E-state index < -0.39 is 5.67 Å². The van der Waals surface area contributed by atoms with Gasteiger partial charge in [0.25, 0.3) is 0 Å². The van der Waals surface area contributed by atoms with Crippen molar-refractivity contribution in [3.8, 4) is 6.01 Å². The minimum atomic E-state index is -1.03. The molecule has 0 saturated carbocycles. The minimum absolute atomic E-state index is 0.144. The zero-order valence-electron chi connectivity index (χ0n) is 12.8. The van der Waals surface area contributed by atoms with Crippen LogP contribution in [0.5, 0.6) is 6.01 Å². The lowest BCUT2D eigenvalue weighted by atomic mass is 9.95. The van der Waals surface area contributed by atoms with Gasteiger partial charge in [0.15, 0.2) is 0 Å². The van der Waals surface area contributed by atoms with E-state index in [2.05, 4.69) is 28.7 Å². The van der Waals surface area contributed by atoms with Crippen molar-refractivity contribution in [3.05, 3.63) is 17.0 Å². The Hall–Kier alpha value is -1.23. The zero-order valence-corrected chi connectivity index (χ0v) is 12.8. The van der Waals surface area contributed by atoms with Gasteiger partial charge in [0.05, 0.1) is 11.4 Å². The molecule has 0 aliphatic carbocycles. The summed E-state index contributed by atoms with van der Waals surface area (Å²) < 4.78 is 13.5. The fourth-order valence-electron chi connectivity index (χ4n) is 2.89. The average Bonchev–Trinajstić information content (AvgIpc) is 2.33. The van der Waals surface area contributed by atoms with E-state index in [-0.39, 0.29) is 11.9 Å². The minimum Gasteiger partial charge on any atom is -0.479 e. The maximum absolute atomic E-state index is 13.5. The Morgan fingerprint density at radius 1 is 1.35 bits per heavy atom. The molecule has 0 bridgehead atoms. The Labute approximate surface area is 120 Å². The van der Waals surface area contributed by atoms with Crippen LogP contribution in [0.1, 0.15) is 50.6 Å². The first-order valence-corrected chi connectivity index (χ1v) is 7.32. The van der Waals surface area contributed by atoms with E-state index in [1.165, 1.54) is 0 Å².